The van der Waals surface area contributed by atoms with Gasteiger partial charge in [-0.2, -0.15) is 0 Å². The molecule has 0 spiro atoms. The molecule has 0 saturated heterocycles. The maximum absolute atomic E-state index is 6.19. The minimum atomic E-state index is -0.0644. The van der Waals surface area contributed by atoms with E-state index in [1.54, 1.807) is 7.11 Å². The lowest BCUT2D eigenvalue weighted by atomic mass is 9.97. The van der Waals surface area contributed by atoms with Gasteiger partial charge in [-0.3, -0.25) is 0 Å². The number of rotatable bonds is 2. The Bertz CT molecular complexity index is 367. The molecule has 76 valence electrons. The third-order valence-corrected chi connectivity index (χ3v) is 3.13. The first-order valence-corrected chi connectivity index (χ1v) is 5.02. The zero-order valence-corrected chi connectivity index (χ0v) is 9.05. The van der Waals surface area contributed by atoms with Crippen LogP contribution in [-0.2, 0) is 5.54 Å². The highest BCUT2D eigenvalue weighted by molar-refractivity contribution is 5.49. The molecule has 0 bridgehead atoms. The van der Waals surface area contributed by atoms with Crippen molar-refractivity contribution in [3.8, 4) is 5.75 Å². The molecule has 0 aromatic heterocycles. The van der Waals surface area contributed by atoms with Crippen LogP contribution in [0, 0.1) is 13.8 Å². The predicted molar refractivity (Wildman–Crippen MR) is 57.6 cm³/mol. The lowest BCUT2D eigenvalue weighted by Crippen LogP contribution is -2.20. The molecule has 1 aromatic carbocycles. The van der Waals surface area contributed by atoms with Crippen LogP contribution in [0.15, 0.2) is 12.1 Å². The van der Waals surface area contributed by atoms with Gasteiger partial charge >= 0.3 is 0 Å². The molecule has 0 radical (unpaired) electrons. The molecule has 0 atom stereocenters. The summed E-state index contributed by atoms with van der Waals surface area (Å²) in [6.07, 6.45) is 2.19. The maximum Gasteiger partial charge on any atom is 0.125 e. The van der Waals surface area contributed by atoms with Gasteiger partial charge in [0, 0.05) is 5.54 Å². The molecule has 1 aromatic rings. The molecule has 1 aliphatic carbocycles. The first-order valence-electron chi connectivity index (χ1n) is 5.02. The number of hydrogen-bond acceptors (Lipinski definition) is 2. The summed E-state index contributed by atoms with van der Waals surface area (Å²) in [6.45, 7) is 4.15. The van der Waals surface area contributed by atoms with Crippen LogP contribution in [0.3, 0.4) is 0 Å². The van der Waals surface area contributed by atoms with Gasteiger partial charge in [-0.05, 0) is 43.4 Å². The van der Waals surface area contributed by atoms with Crippen molar-refractivity contribution in [2.24, 2.45) is 5.73 Å². The van der Waals surface area contributed by atoms with Crippen molar-refractivity contribution in [3.05, 3.63) is 28.8 Å². The van der Waals surface area contributed by atoms with Gasteiger partial charge in [0.15, 0.2) is 0 Å². The second kappa shape index (κ2) is 2.99. The van der Waals surface area contributed by atoms with Crippen LogP contribution in [0.25, 0.3) is 0 Å². The molecule has 0 amide bonds. The van der Waals surface area contributed by atoms with Crippen molar-refractivity contribution in [2.75, 3.05) is 7.11 Å². The fraction of sp³-hybridized carbons (Fsp3) is 0.500. The first kappa shape index (κ1) is 9.53. The molecule has 2 rings (SSSR count). The largest absolute Gasteiger partial charge is 0.496 e. The maximum atomic E-state index is 6.19. The van der Waals surface area contributed by atoms with E-state index in [1.807, 2.05) is 0 Å². The second-order valence-electron chi connectivity index (χ2n) is 4.24. The number of methoxy groups -OCH3 is 1. The highest BCUT2D eigenvalue weighted by atomic mass is 16.5. The number of hydrogen-bond donors (Lipinski definition) is 1. The van der Waals surface area contributed by atoms with Crippen molar-refractivity contribution in [1.29, 1.82) is 0 Å². The summed E-state index contributed by atoms with van der Waals surface area (Å²) in [5, 5.41) is 0. The smallest absolute Gasteiger partial charge is 0.125 e. The van der Waals surface area contributed by atoms with E-state index in [0.717, 1.165) is 18.6 Å². The fourth-order valence-electron chi connectivity index (χ4n) is 2.08. The van der Waals surface area contributed by atoms with Gasteiger partial charge in [0.1, 0.15) is 5.75 Å². The minimum absolute atomic E-state index is 0.0644. The monoisotopic (exact) mass is 191 g/mol. The molecule has 0 unspecified atom stereocenters. The second-order valence-corrected chi connectivity index (χ2v) is 4.24. The Kier molecular flexibility index (Phi) is 2.04. The van der Waals surface area contributed by atoms with Crippen LogP contribution in [0.5, 0.6) is 5.75 Å². The Balaban J connectivity index is 2.53. The summed E-state index contributed by atoms with van der Waals surface area (Å²) in [6, 6.07) is 4.23. The van der Waals surface area contributed by atoms with Gasteiger partial charge in [-0.1, -0.05) is 12.1 Å². The molecule has 0 aliphatic heterocycles. The third kappa shape index (κ3) is 1.30. The van der Waals surface area contributed by atoms with Crippen LogP contribution < -0.4 is 10.5 Å². The Morgan fingerprint density at radius 2 is 1.93 bits per heavy atom. The fourth-order valence-corrected chi connectivity index (χ4v) is 2.08. The Hall–Kier alpha value is -1.02. The van der Waals surface area contributed by atoms with Crippen molar-refractivity contribution in [3.63, 3.8) is 0 Å². The molecule has 1 saturated carbocycles. The molecule has 14 heavy (non-hydrogen) atoms. The standard InChI is InChI=1S/C12H17NO/c1-8-4-5-10(12(13)6-7-12)9(2)11(8)14-3/h4-5H,6-7,13H2,1-3H3. The summed E-state index contributed by atoms with van der Waals surface area (Å²) in [4.78, 5) is 0. The molecule has 2 nitrogen and oxygen atoms in total. The van der Waals surface area contributed by atoms with E-state index in [1.165, 1.54) is 16.7 Å². The quantitative estimate of drug-likeness (QED) is 0.778. The van der Waals surface area contributed by atoms with Crippen LogP contribution in [0.4, 0.5) is 0 Å². The average Bonchev–Trinajstić information content (AvgIpc) is 2.85. The summed E-state index contributed by atoms with van der Waals surface area (Å²) in [5.74, 6) is 0.985. The van der Waals surface area contributed by atoms with E-state index in [4.69, 9.17) is 10.5 Å². The zero-order valence-electron chi connectivity index (χ0n) is 9.05. The Morgan fingerprint density at radius 3 is 2.43 bits per heavy atom. The van der Waals surface area contributed by atoms with E-state index in [-0.39, 0.29) is 5.54 Å². The van der Waals surface area contributed by atoms with Crippen molar-refractivity contribution in [1.82, 2.24) is 0 Å². The topological polar surface area (TPSA) is 35.2 Å². The highest BCUT2D eigenvalue weighted by Gasteiger charge is 2.41. The van der Waals surface area contributed by atoms with Crippen molar-refractivity contribution in [2.45, 2.75) is 32.2 Å². The SMILES string of the molecule is COc1c(C)ccc(C2(N)CC2)c1C. The van der Waals surface area contributed by atoms with Crippen LogP contribution >= 0.6 is 0 Å². The Labute approximate surface area is 85.1 Å². The van der Waals surface area contributed by atoms with Gasteiger partial charge in [0.05, 0.1) is 7.11 Å². The van der Waals surface area contributed by atoms with Crippen LogP contribution in [0.2, 0.25) is 0 Å². The van der Waals surface area contributed by atoms with E-state index in [2.05, 4.69) is 26.0 Å². The first-order chi connectivity index (χ1) is 6.58. The highest BCUT2D eigenvalue weighted by Crippen LogP contribution is 2.46. The number of nitrogens with two attached hydrogens (primary N) is 1. The summed E-state index contributed by atoms with van der Waals surface area (Å²) >= 11 is 0. The van der Waals surface area contributed by atoms with Crippen LogP contribution in [0.1, 0.15) is 29.5 Å². The number of benzene rings is 1. The average molecular weight is 191 g/mol. The van der Waals surface area contributed by atoms with E-state index >= 15 is 0 Å². The lowest BCUT2D eigenvalue weighted by Gasteiger charge is -2.17. The van der Waals surface area contributed by atoms with E-state index in [9.17, 15) is 0 Å². The van der Waals surface area contributed by atoms with E-state index < -0.39 is 0 Å². The van der Waals surface area contributed by atoms with E-state index in [0.29, 0.717) is 0 Å². The van der Waals surface area contributed by atoms with Gasteiger partial charge in [-0.15, -0.1) is 0 Å². The van der Waals surface area contributed by atoms with Gasteiger partial charge < -0.3 is 10.5 Å². The molecule has 2 N–H and O–H groups in total. The molecule has 2 heteroatoms. The van der Waals surface area contributed by atoms with Crippen LogP contribution in [-0.4, -0.2) is 7.11 Å². The Morgan fingerprint density at radius 1 is 1.29 bits per heavy atom. The molecule has 1 aliphatic rings. The summed E-state index contributed by atoms with van der Waals surface area (Å²) < 4.78 is 5.38. The molecular formula is C12H17NO. The molecular weight excluding hydrogens is 174 g/mol. The summed E-state index contributed by atoms with van der Waals surface area (Å²) in [5.41, 5.74) is 9.75. The van der Waals surface area contributed by atoms with Crippen molar-refractivity contribution >= 4 is 0 Å². The molecule has 0 heterocycles. The van der Waals surface area contributed by atoms with Gasteiger partial charge in [-0.25, -0.2) is 0 Å². The van der Waals surface area contributed by atoms with Crippen molar-refractivity contribution < 1.29 is 4.74 Å². The number of aryl methyl sites for hydroxylation is 1. The number of ether oxygens (including phenoxy) is 1. The van der Waals surface area contributed by atoms with Gasteiger partial charge in [0.2, 0.25) is 0 Å². The molecule has 1 fully saturated rings. The minimum Gasteiger partial charge on any atom is -0.496 e. The summed E-state index contributed by atoms with van der Waals surface area (Å²) in [7, 11) is 1.72. The zero-order chi connectivity index (χ0) is 10.3. The third-order valence-electron chi connectivity index (χ3n) is 3.13. The normalized spacial score (nSPS) is 18.0. The lowest BCUT2D eigenvalue weighted by molar-refractivity contribution is 0.407. The predicted octanol–water partition coefficient (Wildman–Crippen LogP) is 2.26. The van der Waals surface area contributed by atoms with Gasteiger partial charge in [0.25, 0.3) is 0 Å².